The zero-order valence-electron chi connectivity index (χ0n) is 9.50. The molecule has 0 amide bonds. The summed E-state index contributed by atoms with van der Waals surface area (Å²) in [6, 6.07) is 4.26. The van der Waals surface area contributed by atoms with Gasteiger partial charge in [-0.1, -0.05) is 0 Å². The lowest BCUT2D eigenvalue weighted by Crippen LogP contribution is -3.10. The fourth-order valence-electron chi connectivity index (χ4n) is 2.22. The first-order chi connectivity index (χ1) is 7.13. The van der Waals surface area contributed by atoms with Gasteiger partial charge >= 0.3 is 0 Å². The Bertz CT molecular complexity index is 376. The van der Waals surface area contributed by atoms with Crippen LogP contribution < -0.4 is 9.64 Å². The smallest absolute Gasteiger partial charge is 0.160 e. The second-order valence-corrected chi connectivity index (χ2v) is 4.29. The number of nitrogens with one attached hydrogen (secondary N) is 1. The zero-order chi connectivity index (χ0) is 11.0. The molecule has 1 aromatic carbocycles. The molecule has 0 saturated heterocycles. The lowest BCUT2D eigenvalue weighted by Gasteiger charge is -2.29. The first-order valence-corrected chi connectivity index (χ1v) is 5.35. The van der Waals surface area contributed by atoms with E-state index in [-0.39, 0.29) is 5.75 Å². The number of phenols is 1. The van der Waals surface area contributed by atoms with Gasteiger partial charge in [-0.05, 0) is 24.6 Å². The minimum atomic E-state index is 0.248. The van der Waals surface area contributed by atoms with Crippen molar-refractivity contribution < 1.29 is 14.7 Å². The van der Waals surface area contributed by atoms with Crippen LogP contribution in [0.5, 0.6) is 11.5 Å². The van der Waals surface area contributed by atoms with E-state index in [1.165, 1.54) is 16.0 Å². The largest absolute Gasteiger partial charge is 0.504 e. The van der Waals surface area contributed by atoms with Crippen LogP contribution in [0.3, 0.4) is 0 Å². The second kappa shape index (κ2) is 3.74. The topological polar surface area (TPSA) is 33.9 Å². The summed E-state index contributed by atoms with van der Waals surface area (Å²) < 4.78 is 5.12. The molecule has 0 aliphatic carbocycles. The van der Waals surface area contributed by atoms with Crippen molar-refractivity contribution in [2.45, 2.75) is 19.4 Å². The van der Waals surface area contributed by atoms with Gasteiger partial charge < -0.3 is 14.7 Å². The predicted octanol–water partition coefficient (Wildman–Crippen LogP) is 0.533. The monoisotopic (exact) mass is 208 g/mol. The van der Waals surface area contributed by atoms with Crippen molar-refractivity contribution in [3.63, 3.8) is 0 Å². The van der Waals surface area contributed by atoms with Crippen LogP contribution in [0.2, 0.25) is 0 Å². The Morgan fingerprint density at radius 2 is 2.20 bits per heavy atom. The van der Waals surface area contributed by atoms with Crippen molar-refractivity contribution in [2.75, 3.05) is 20.7 Å². The maximum absolute atomic E-state index is 9.74. The number of phenolic OH excluding ortho intramolecular Hbond substituents is 1. The van der Waals surface area contributed by atoms with Crippen molar-refractivity contribution in [3.8, 4) is 11.5 Å². The highest BCUT2D eigenvalue weighted by molar-refractivity contribution is 5.47. The molecular formula is C12H18NO2+. The van der Waals surface area contributed by atoms with Gasteiger partial charge in [-0.15, -0.1) is 0 Å². The van der Waals surface area contributed by atoms with Crippen molar-refractivity contribution in [1.82, 2.24) is 0 Å². The predicted molar refractivity (Wildman–Crippen MR) is 58.5 cm³/mol. The van der Waals surface area contributed by atoms with Crippen LogP contribution in [-0.2, 0) is 6.42 Å². The van der Waals surface area contributed by atoms with E-state index in [1.54, 1.807) is 7.11 Å². The molecule has 1 aliphatic heterocycles. The number of fused-ring (bicyclic) bond motifs is 1. The Kier molecular flexibility index (Phi) is 2.57. The van der Waals surface area contributed by atoms with Crippen LogP contribution in [0.4, 0.5) is 0 Å². The summed E-state index contributed by atoms with van der Waals surface area (Å²) in [6.45, 7) is 3.33. The molecule has 0 saturated carbocycles. The molecule has 1 aromatic rings. The fourth-order valence-corrected chi connectivity index (χ4v) is 2.22. The highest BCUT2D eigenvalue weighted by Crippen LogP contribution is 2.32. The molecular weight excluding hydrogens is 190 g/mol. The van der Waals surface area contributed by atoms with E-state index in [9.17, 15) is 5.11 Å². The van der Waals surface area contributed by atoms with Crippen LogP contribution >= 0.6 is 0 Å². The molecule has 2 atom stereocenters. The first kappa shape index (κ1) is 10.3. The lowest BCUT2D eigenvalue weighted by molar-refractivity contribution is -0.912. The van der Waals surface area contributed by atoms with Gasteiger partial charge in [0.15, 0.2) is 11.5 Å². The molecule has 1 aliphatic rings. The van der Waals surface area contributed by atoms with E-state index >= 15 is 0 Å². The molecule has 2 unspecified atom stereocenters. The summed E-state index contributed by atoms with van der Waals surface area (Å²) in [5.74, 6) is 0.832. The average molecular weight is 208 g/mol. The third-order valence-corrected chi connectivity index (χ3v) is 3.44. The summed E-state index contributed by atoms with van der Waals surface area (Å²) in [5, 5.41) is 9.74. The summed E-state index contributed by atoms with van der Waals surface area (Å²) in [7, 11) is 3.78. The highest BCUT2D eigenvalue weighted by Gasteiger charge is 2.25. The molecule has 3 heteroatoms. The minimum Gasteiger partial charge on any atom is -0.504 e. The molecule has 2 rings (SSSR count). The first-order valence-electron chi connectivity index (χ1n) is 5.35. The number of likely N-dealkylation sites (N-methyl/N-ethyl adjacent to an activating group) is 1. The Hall–Kier alpha value is -1.22. The number of rotatable bonds is 1. The Morgan fingerprint density at radius 3 is 2.87 bits per heavy atom. The maximum atomic E-state index is 9.74. The quantitative estimate of drug-likeness (QED) is 0.706. The van der Waals surface area contributed by atoms with E-state index < -0.39 is 0 Å². The molecule has 0 bridgehead atoms. The van der Waals surface area contributed by atoms with E-state index in [2.05, 4.69) is 14.0 Å². The van der Waals surface area contributed by atoms with Crippen LogP contribution in [0.1, 0.15) is 24.1 Å². The zero-order valence-corrected chi connectivity index (χ0v) is 9.50. The van der Waals surface area contributed by atoms with Crippen molar-refractivity contribution in [2.24, 2.45) is 0 Å². The van der Waals surface area contributed by atoms with Gasteiger partial charge in [0.25, 0.3) is 0 Å². The van der Waals surface area contributed by atoms with Crippen LogP contribution in [0.15, 0.2) is 12.1 Å². The summed E-state index contributed by atoms with van der Waals surface area (Å²) >= 11 is 0. The van der Waals surface area contributed by atoms with E-state index in [1.807, 2.05) is 12.1 Å². The minimum absolute atomic E-state index is 0.248. The number of benzene rings is 1. The molecule has 0 fully saturated rings. The molecule has 2 N–H and O–H groups in total. The normalized spacial score (nSPS) is 24.7. The van der Waals surface area contributed by atoms with Gasteiger partial charge in [0.1, 0.15) is 6.04 Å². The van der Waals surface area contributed by atoms with Crippen LogP contribution in [0.25, 0.3) is 0 Å². The van der Waals surface area contributed by atoms with Gasteiger partial charge in [0.2, 0.25) is 0 Å². The number of hydrogen-bond acceptors (Lipinski definition) is 2. The van der Waals surface area contributed by atoms with Gasteiger partial charge in [-0.3, -0.25) is 0 Å². The molecule has 0 spiro atoms. The van der Waals surface area contributed by atoms with Crippen molar-refractivity contribution >= 4 is 0 Å². The van der Waals surface area contributed by atoms with Gasteiger partial charge in [-0.2, -0.15) is 0 Å². The average Bonchev–Trinajstić information content (AvgIpc) is 2.24. The molecule has 1 heterocycles. The van der Waals surface area contributed by atoms with Gasteiger partial charge in [0.05, 0.1) is 20.7 Å². The molecule has 15 heavy (non-hydrogen) atoms. The van der Waals surface area contributed by atoms with E-state index in [0.717, 1.165) is 13.0 Å². The van der Waals surface area contributed by atoms with Crippen LogP contribution in [-0.4, -0.2) is 25.8 Å². The maximum Gasteiger partial charge on any atom is 0.160 e. The number of hydrogen-bond donors (Lipinski definition) is 2. The highest BCUT2D eigenvalue weighted by atomic mass is 16.5. The molecule has 3 nitrogen and oxygen atoms in total. The standard InChI is InChI=1S/C12H17NO2/c1-8-10-7-11(14)12(15-3)6-9(10)4-5-13(8)2/h6-8,14H,4-5H2,1-3H3/p+1. The van der Waals surface area contributed by atoms with E-state index in [4.69, 9.17) is 4.74 Å². The molecule has 82 valence electrons. The number of methoxy groups -OCH3 is 1. The second-order valence-electron chi connectivity index (χ2n) is 4.29. The number of quaternary nitrogens is 1. The molecule has 0 aromatic heterocycles. The molecule has 0 radical (unpaired) electrons. The third kappa shape index (κ3) is 1.67. The van der Waals surface area contributed by atoms with Crippen molar-refractivity contribution in [1.29, 1.82) is 0 Å². The van der Waals surface area contributed by atoms with E-state index in [0.29, 0.717) is 11.8 Å². The SMILES string of the molecule is COc1cc2c(cc1O)C(C)[NH+](C)CC2. The Labute approximate surface area is 90.3 Å². The fraction of sp³-hybridized carbons (Fsp3) is 0.500. The van der Waals surface area contributed by atoms with Gasteiger partial charge in [-0.25, -0.2) is 0 Å². The Morgan fingerprint density at radius 1 is 1.47 bits per heavy atom. The lowest BCUT2D eigenvalue weighted by atomic mass is 9.93. The van der Waals surface area contributed by atoms with Gasteiger partial charge in [0, 0.05) is 12.0 Å². The Balaban J connectivity index is 2.47. The summed E-state index contributed by atoms with van der Waals surface area (Å²) in [4.78, 5) is 1.49. The number of ether oxygens (including phenoxy) is 1. The van der Waals surface area contributed by atoms with Crippen molar-refractivity contribution in [3.05, 3.63) is 23.3 Å². The number of aromatic hydroxyl groups is 1. The van der Waals surface area contributed by atoms with Crippen LogP contribution in [0, 0.1) is 0 Å². The summed E-state index contributed by atoms with van der Waals surface area (Å²) in [5.41, 5.74) is 2.56. The third-order valence-electron chi connectivity index (χ3n) is 3.44. The summed E-state index contributed by atoms with van der Waals surface area (Å²) in [6.07, 6.45) is 1.06.